The SMILES string of the molecule is Brc1ccc(C=C2CCC(=Cc3ccc(Br)cc3)CC2)cc1.C1CCOC1.CC(C)(C)[O-].CCOP(=O)(Cc1ccc(Br)cc1)OCC.Cc1cc(C)cc(-c2c3ccccc3c(-c3ccc(C=C4CCC(=Cc5ccc(-c6c7ccccc7c(-c7cc(C)cc(C)c7)c7ccccc67)cc5)CC4)cc3)c3ccccc23)c1.Cc1cc(C)cc(-c2c3ccccc3c(B(O)O)c3ccccc23)c1.O=C1CCC(=O)CC1.[K+]. The van der Waals surface area contributed by atoms with Crippen molar-refractivity contribution in [1.82, 2.24) is 0 Å². The summed E-state index contributed by atoms with van der Waals surface area (Å²) in [5.74, 6) is 0.481. The van der Waals surface area contributed by atoms with Gasteiger partial charge in [0.05, 0.1) is 19.4 Å². The number of allylic oxidation sites excluding steroid dienone is 4. The predicted molar refractivity (Wildman–Crippen MR) is 624 cm³/mol. The van der Waals surface area contributed by atoms with Gasteiger partial charge in [0.1, 0.15) is 11.6 Å². The second-order valence-corrected chi connectivity index (χ2v) is 44.2. The third-order valence-corrected chi connectivity index (χ3v) is 30.1. The maximum absolute atomic E-state index is 12.2. The number of aryl methyl sites for hydroxylation is 6. The van der Waals surface area contributed by atoms with E-state index in [9.17, 15) is 29.3 Å². The minimum absolute atomic E-state index is 0. The second kappa shape index (κ2) is 53.2. The quantitative estimate of drug-likeness (QED) is 0.0549. The van der Waals surface area contributed by atoms with E-state index in [1.807, 2.05) is 74.5 Å². The zero-order valence-electron chi connectivity index (χ0n) is 86.3. The zero-order chi connectivity index (χ0) is 102. The first-order valence-electron chi connectivity index (χ1n) is 50.8. The Hall–Kier alpha value is -10.3. The molecule has 2 N–H and O–H groups in total. The molecular formula is C131H130BBr3KO9P. The van der Waals surface area contributed by atoms with E-state index in [0.29, 0.717) is 50.5 Å². The maximum atomic E-state index is 12.2. The summed E-state index contributed by atoms with van der Waals surface area (Å²) >= 11 is 10.3. The topological polar surface area (TPSA) is 142 Å². The first kappa shape index (κ1) is 111. The number of carbonyl (C=O) groups is 2. The summed E-state index contributed by atoms with van der Waals surface area (Å²) < 4.78 is 30.9. The van der Waals surface area contributed by atoms with Crippen LogP contribution < -0.4 is 62.0 Å². The fraction of sp³-hybridized carbons (Fsp3) is 0.237. The van der Waals surface area contributed by atoms with Gasteiger partial charge in [-0.25, -0.2) is 0 Å². The fourth-order valence-electron chi connectivity index (χ4n) is 20.2. The summed E-state index contributed by atoms with van der Waals surface area (Å²) in [7, 11) is -4.48. The molecule has 0 unspecified atom stereocenters. The van der Waals surface area contributed by atoms with E-state index in [2.05, 4.69) is 374 Å². The molecule has 1 saturated heterocycles. The van der Waals surface area contributed by atoms with E-state index in [1.165, 1.54) is 193 Å². The minimum atomic E-state index is -2.97. The Morgan fingerprint density at radius 2 is 0.541 bits per heavy atom. The standard InChI is InChI=1S/C64H52.C22H19BO2.C20H18Br2.C11H16BrO3P.C6H8O2.C4H8O.C4H9O.K/c1-41-33-42(2)36-51(35-41)63-57-17-9-5-13-53(57)61(54-14-6-10-18-58(54)63)49-29-25-47(26-30-49)39-45-21-23-46(24-22-45)40-48-27-31-50(32-28-48)62-55-15-7-11-19-59(55)64(60-20-12-8-16-56(60)62)52-37-43(3)34-44(4)38-52;1-14-11-15(2)13-16(12-14)21-17-7-3-5-9-19(17)22(23(24)25)20-10-6-4-8-18(20)21;21-19-9-5-17(6-10-19)13-15-1-2-16(4-3-15)14-18-7-11-20(22)12-8-18;1-3-14-16(13,15-4-2)9-10-5-7-11(12)8-6-10;7-5-1-2-6(8)4-3-5;1-2-4-5-3-1;1-4(2,3)5;/h5-20,25-40H,21-24H2,1-4H3;3-13,24-25H,1-2H3;5-14H,1-4H2;5-8H,3-4,9H2,1-2H3;1-4H2;1-4H2;1-3H3;/q;;;;;;-1;+1. The summed E-state index contributed by atoms with van der Waals surface area (Å²) in [4.78, 5) is 20.9. The van der Waals surface area contributed by atoms with Crippen LogP contribution in [-0.4, -0.2) is 60.8 Å². The molecule has 4 fully saturated rings. The third-order valence-electron chi connectivity index (χ3n) is 26.4. The van der Waals surface area contributed by atoms with Crippen molar-refractivity contribution < 1.29 is 94.5 Å². The Bertz CT molecular complexity index is 7040. The summed E-state index contributed by atoms with van der Waals surface area (Å²) in [6.45, 7) is 24.3. The van der Waals surface area contributed by atoms with Crippen LogP contribution in [0.4, 0.5) is 0 Å². The molecule has 0 atom stereocenters. The van der Waals surface area contributed by atoms with Crippen LogP contribution in [0.1, 0.15) is 186 Å². The summed E-state index contributed by atoms with van der Waals surface area (Å²) in [5, 5.41) is 44.4. The largest absolute Gasteiger partial charge is 1.00 e. The average Bonchev–Trinajstić information content (AvgIpc) is 0.943. The Kier molecular flexibility index (Phi) is 40.6. The van der Waals surface area contributed by atoms with Crippen molar-refractivity contribution in [3.05, 3.63) is 418 Å². The van der Waals surface area contributed by atoms with E-state index in [4.69, 9.17) is 13.8 Å². The number of Topliss-reactive ketones (excluding diaryl/α,β-unsaturated/α-hetero) is 2. The van der Waals surface area contributed by atoms with Crippen LogP contribution in [0.3, 0.4) is 0 Å². The van der Waals surface area contributed by atoms with E-state index in [0.717, 1.165) is 90.6 Å². The van der Waals surface area contributed by atoms with Gasteiger partial charge >= 0.3 is 66.1 Å². The molecule has 738 valence electrons. The fourth-order valence-corrected chi connectivity index (χ4v) is 22.7. The van der Waals surface area contributed by atoms with Gasteiger partial charge in [-0.3, -0.25) is 14.2 Å². The van der Waals surface area contributed by atoms with Crippen LogP contribution >= 0.6 is 55.4 Å². The predicted octanol–water partition coefficient (Wildman–Crippen LogP) is 32.3. The van der Waals surface area contributed by atoms with Gasteiger partial charge in [0.25, 0.3) is 0 Å². The number of ether oxygens (including phenoxy) is 1. The van der Waals surface area contributed by atoms with Gasteiger partial charge in [0.2, 0.25) is 0 Å². The van der Waals surface area contributed by atoms with Crippen LogP contribution in [0, 0.1) is 41.5 Å². The monoisotopic (exact) mass is 2160 g/mol. The van der Waals surface area contributed by atoms with Gasteiger partial charge in [-0.15, -0.1) is 5.60 Å². The normalized spacial score (nSPS) is 13.5. The van der Waals surface area contributed by atoms with E-state index in [1.54, 1.807) is 31.9 Å². The number of hydrogen-bond acceptors (Lipinski definition) is 9. The van der Waals surface area contributed by atoms with Gasteiger partial charge in [-0.1, -0.05) is 434 Å². The Balaban J connectivity index is 0.000000167. The van der Waals surface area contributed by atoms with Crippen molar-refractivity contribution in [3.8, 4) is 55.6 Å². The molecule has 9 nitrogen and oxygen atoms in total. The van der Waals surface area contributed by atoms with Crippen molar-refractivity contribution in [1.29, 1.82) is 0 Å². The summed E-state index contributed by atoms with van der Waals surface area (Å²) in [6.07, 6.45) is 23.5. The number of hydrogen-bond donors (Lipinski definition) is 2. The van der Waals surface area contributed by atoms with Crippen molar-refractivity contribution in [2.24, 2.45) is 0 Å². The molecular weight excluding hydrogens is 2040 g/mol. The molecule has 146 heavy (non-hydrogen) atoms. The molecule has 0 bridgehead atoms. The van der Waals surface area contributed by atoms with Crippen molar-refractivity contribution in [2.75, 3.05) is 26.4 Å². The molecule has 1 aliphatic heterocycles. The van der Waals surface area contributed by atoms with Crippen LogP contribution in [0.5, 0.6) is 0 Å². The number of halogens is 3. The van der Waals surface area contributed by atoms with Gasteiger partial charge in [-0.05, 0) is 310 Å². The summed E-state index contributed by atoms with van der Waals surface area (Å²) in [5.41, 5.74) is 32.4. The minimum Gasteiger partial charge on any atom is -0.850 e. The van der Waals surface area contributed by atoms with E-state index >= 15 is 0 Å². The first-order valence-corrected chi connectivity index (χ1v) is 54.9. The van der Waals surface area contributed by atoms with Gasteiger partial charge in [0, 0.05) is 52.3 Å². The number of ketones is 2. The van der Waals surface area contributed by atoms with Crippen LogP contribution in [0.25, 0.3) is 145 Å². The molecule has 4 aliphatic rings. The first-order chi connectivity index (χ1) is 70.0. The Morgan fingerprint density at radius 1 is 0.329 bits per heavy atom. The number of rotatable bonds is 16. The number of fused-ring (bicyclic) bond motifs is 6. The van der Waals surface area contributed by atoms with Crippen LogP contribution in [0.15, 0.2) is 357 Å². The zero-order valence-corrected chi connectivity index (χ0v) is 95.0. The summed E-state index contributed by atoms with van der Waals surface area (Å²) in [6, 6.07) is 116. The van der Waals surface area contributed by atoms with Crippen LogP contribution in [0.2, 0.25) is 0 Å². The molecule has 3 saturated carbocycles. The number of carbonyl (C=O) groups excluding carboxylic acids is 2. The maximum Gasteiger partial charge on any atom is 1.00 e. The van der Waals surface area contributed by atoms with Gasteiger partial charge < -0.3 is 28.9 Å². The molecule has 17 aromatic carbocycles. The van der Waals surface area contributed by atoms with E-state index < -0.39 is 20.3 Å². The number of benzene rings is 17. The van der Waals surface area contributed by atoms with Crippen molar-refractivity contribution in [3.63, 3.8) is 0 Å². The van der Waals surface area contributed by atoms with Gasteiger partial charge in [-0.2, -0.15) is 0 Å². The third kappa shape index (κ3) is 30.5. The molecule has 3 aliphatic carbocycles. The van der Waals surface area contributed by atoms with Crippen molar-refractivity contribution in [2.45, 2.75) is 178 Å². The van der Waals surface area contributed by atoms with E-state index in [-0.39, 0.29) is 63.0 Å². The van der Waals surface area contributed by atoms with Gasteiger partial charge in [0.15, 0.2) is 0 Å². The molecule has 0 spiro atoms. The Morgan fingerprint density at radius 3 is 0.760 bits per heavy atom. The molecule has 0 radical (unpaired) electrons. The smallest absolute Gasteiger partial charge is 0.850 e. The molecule has 15 heteroatoms. The van der Waals surface area contributed by atoms with Crippen molar-refractivity contribution >= 4 is 168 Å². The average molecular weight is 2170 g/mol. The Labute approximate surface area is 931 Å². The second-order valence-electron chi connectivity index (χ2n) is 39.4. The molecule has 0 amide bonds. The molecule has 21 rings (SSSR count). The molecule has 17 aromatic rings. The van der Waals surface area contributed by atoms with Crippen LogP contribution in [-0.2, 0) is 34.1 Å². The molecule has 0 aromatic heterocycles. The molecule has 1 heterocycles.